The second-order valence-corrected chi connectivity index (χ2v) is 7.77. The van der Waals surface area contributed by atoms with Gasteiger partial charge in [0, 0.05) is 44.7 Å². The number of benzene rings is 2. The molecule has 4 rings (SSSR count). The summed E-state index contributed by atoms with van der Waals surface area (Å²) in [7, 11) is 0. The van der Waals surface area contributed by atoms with Gasteiger partial charge in [-0.05, 0) is 37.3 Å². The van der Waals surface area contributed by atoms with Crippen LogP contribution in [-0.4, -0.2) is 52.3 Å². The van der Waals surface area contributed by atoms with E-state index in [1.807, 2.05) is 4.90 Å². The number of aryl methyl sites for hydroxylation is 1. The molecular weight excluding hydrogens is 415 g/mol. The van der Waals surface area contributed by atoms with Crippen LogP contribution in [0.25, 0.3) is 10.9 Å². The van der Waals surface area contributed by atoms with E-state index in [0.29, 0.717) is 48.3 Å². The highest BCUT2D eigenvalue weighted by Gasteiger charge is 2.23. The van der Waals surface area contributed by atoms with E-state index >= 15 is 0 Å². The Morgan fingerprint density at radius 3 is 2.44 bits per heavy atom. The third-order valence-electron chi connectivity index (χ3n) is 5.78. The van der Waals surface area contributed by atoms with E-state index < -0.39 is 17.1 Å². The maximum atomic E-state index is 14.4. The molecule has 2 aromatic carbocycles. The number of Topliss-reactive ketones (excluding diaryl/α,β-unsaturated/α-hetero) is 1. The Bertz CT molecular complexity index is 1310. The van der Waals surface area contributed by atoms with E-state index in [1.54, 1.807) is 41.3 Å². The lowest BCUT2D eigenvalue weighted by Crippen LogP contribution is -2.49. The molecule has 8 nitrogen and oxygen atoms in total. The zero-order chi connectivity index (χ0) is 22.8. The molecule has 1 amide bonds. The van der Waals surface area contributed by atoms with Gasteiger partial charge in [-0.15, -0.1) is 0 Å². The topological polar surface area (TPSA) is 95.5 Å². The van der Waals surface area contributed by atoms with Gasteiger partial charge in [0.1, 0.15) is 5.82 Å². The van der Waals surface area contributed by atoms with Crippen LogP contribution in [-0.2, 0) is 11.3 Å². The average molecular weight is 438 g/mol. The Hall–Kier alpha value is -3.75. The molecule has 32 heavy (non-hydrogen) atoms. The van der Waals surface area contributed by atoms with E-state index in [4.69, 9.17) is 0 Å². The lowest BCUT2D eigenvalue weighted by Gasteiger charge is -2.36. The number of nitrogens with zero attached hydrogens (tertiary/aromatic N) is 3. The maximum absolute atomic E-state index is 14.4. The number of piperazine rings is 1. The fraction of sp³-hybridized carbons (Fsp3) is 0.304. The van der Waals surface area contributed by atoms with Crippen molar-refractivity contribution >= 4 is 28.3 Å². The number of halogens is 1. The first-order chi connectivity index (χ1) is 15.3. The minimum atomic E-state index is -0.546. The Labute approximate surface area is 182 Å². The standard InChI is InChI=1S/C23H23FN4O4/c1-15(29)16-6-7-20(18(24)14-16)26-10-12-27(13-11-26)21(30)8-9-28-19-5-3-2-4-17(19)22(31)25-23(28)32/h2-7,14H,8-13H2,1H3,(H,25,31,32). The van der Waals surface area contributed by atoms with Crippen molar-refractivity contribution in [2.45, 2.75) is 19.9 Å². The summed E-state index contributed by atoms with van der Waals surface area (Å²) in [5, 5.41) is 0.394. The average Bonchev–Trinajstić information content (AvgIpc) is 2.79. The number of fused-ring (bicyclic) bond motifs is 1. The maximum Gasteiger partial charge on any atom is 0.328 e. The lowest BCUT2D eigenvalue weighted by atomic mass is 10.1. The van der Waals surface area contributed by atoms with Crippen LogP contribution in [0.4, 0.5) is 10.1 Å². The van der Waals surface area contributed by atoms with Crippen molar-refractivity contribution in [2.75, 3.05) is 31.1 Å². The lowest BCUT2D eigenvalue weighted by molar-refractivity contribution is -0.131. The van der Waals surface area contributed by atoms with Crippen LogP contribution >= 0.6 is 0 Å². The summed E-state index contributed by atoms with van der Waals surface area (Å²) in [6, 6.07) is 11.2. The molecule has 3 aromatic rings. The zero-order valence-electron chi connectivity index (χ0n) is 17.6. The summed E-state index contributed by atoms with van der Waals surface area (Å²) >= 11 is 0. The summed E-state index contributed by atoms with van der Waals surface area (Å²) in [6.45, 7) is 3.31. The molecular formula is C23H23FN4O4. The van der Waals surface area contributed by atoms with Gasteiger partial charge >= 0.3 is 5.69 Å². The first kappa shape index (κ1) is 21.5. The number of para-hydroxylation sites is 1. The largest absolute Gasteiger partial charge is 0.366 e. The number of H-pyrrole nitrogens is 1. The molecule has 9 heteroatoms. The number of amides is 1. The molecule has 1 N–H and O–H groups in total. The van der Waals surface area contributed by atoms with Crippen molar-refractivity contribution in [1.82, 2.24) is 14.5 Å². The molecule has 0 aliphatic carbocycles. The van der Waals surface area contributed by atoms with Gasteiger partial charge in [0.2, 0.25) is 5.91 Å². The Morgan fingerprint density at radius 1 is 1.03 bits per heavy atom. The zero-order valence-corrected chi connectivity index (χ0v) is 17.6. The minimum Gasteiger partial charge on any atom is -0.366 e. The van der Waals surface area contributed by atoms with Gasteiger partial charge in [-0.2, -0.15) is 0 Å². The van der Waals surface area contributed by atoms with Crippen molar-refractivity contribution in [1.29, 1.82) is 0 Å². The van der Waals surface area contributed by atoms with Crippen molar-refractivity contribution in [3.05, 3.63) is 74.7 Å². The number of ketones is 1. The molecule has 0 unspecified atom stereocenters. The number of hydrogen-bond acceptors (Lipinski definition) is 5. The number of carbonyl (C=O) groups is 2. The normalized spacial score (nSPS) is 14.1. The number of carbonyl (C=O) groups excluding carboxylic acids is 2. The van der Waals surface area contributed by atoms with Crippen molar-refractivity contribution in [3.63, 3.8) is 0 Å². The quantitative estimate of drug-likeness (QED) is 0.613. The van der Waals surface area contributed by atoms with Crippen LogP contribution in [0.1, 0.15) is 23.7 Å². The van der Waals surface area contributed by atoms with Crippen molar-refractivity contribution in [2.24, 2.45) is 0 Å². The van der Waals surface area contributed by atoms with Crippen LogP contribution in [0.3, 0.4) is 0 Å². The third-order valence-corrected chi connectivity index (χ3v) is 5.78. The smallest absolute Gasteiger partial charge is 0.328 e. The SMILES string of the molecule is CC(=O)c1ccc(N2CCN(C(=O)CCn3c(=O)[nH]c(=O)c4ccccc43)CC2)c(F)c1. The highest BCUT2D eigenvalue weighted by Crippen LogP contribution is 2.22. The summed E-state index contributed by atoms with van der Waals surface area (Å²) in [4.78, 5) is 54.2. The molecule has 1 aliphatic rings. The van der Waals surface area contributed by atoms with E-state index in [0.717, 1.165) is 0 Å². The van der Waals surface area contributed by atoms with Gasteiger partial charge in [0.15, 0.2) is 5.78 Å². The first-order valence-electron chi connectivity index (χ1n) is 10.4. The van der Waals surface area contributed by atoms with Gasteiger partial charge in [-0.1, -0.05) is 12.1 Å². The third kappa shape index (κ3) is 4.18. The highest BCUT2D eigenvalue weighted by molar-refractivity contribution is 5.94. The molecule has 2 heterocycles. The number of anilines is 1. The molecule has 0 spiro atoms. The van der Waals surface area contributed by atoms with Crippen LogP contribution in [0.15, 0.2) is 52.1 Å². The molecule has 1 saturated heterocycles. The fourth-order valence-electron chi connectivity index (χ4n) is 4.01. The summed E-state index contributed by atoms with van der Waals surface area (Å²) < 4.78 is 15.8. The Balaban J connectivity index is 1.40. The molecule has 1 fully saturated rings. The van der Waals surface area contributed by atoms with Crippen molar-refractivity contribution < 1.29 is 14.0 Å². The Morgan fingerprint density at radius 2 is 1.75 bits per heavy atom. The van der Waals surface area contributed by atoms with E-state index in [-0.39, 0.29) is 24.7 Å². The number of rotatable bonds is 5. The summed E-state index contributed by atoms with van der Waals surface area (Å²) in [5.41, 5.74) is 0.227. The monoisotopic (exact) mass is 438 g/mol. The van der Waals surface area contributed by atoms with Crippen molar-refractivity contribution in [3.8, 4) is 0 Å². The Kier molecular flexibility index (Phi) is 5.89. The molecule has 166 valence electrons. The number of hydrogen-bond donors (Lipinski definition) is 1. The number of aromatic nitrogens is 2. The van der Waals surface area contributed by atoms with Gasteiger partial charge in [0.05, 0.1) is 16.6 Å². The number of aromatic amines is 1. The minimum absolute atomic E-state index is 0.109. The molecule has 0 bridgehead atoms. The van der Waals surface area contributed by atoms with Gasteiger partial charge in [0.25, 0.3) is 5.56 Å². The van der Waals surface area contributed by atoms with Crippen LogP contribution in [0.2, 0.25) is 0 Å². The van der Waals surface area contributed by atoms with E-state index in [9.17, 15) is 23.6 Å². The van der Waals surface area contributed by atoms with E-state index in [2.05, 4.69) is 4.98 Å². The van der Waals surface area contributed by atoms with Gasteiger partial charge in [-0.3, -0.25) is 23.9 Å². The van der Waals surface area contributed by atoms with Gasteiger partial charge < -0.3 is 9.80 Å². The highest BCUT2D eigenvalue weighted by atomic mass is 19.1. The summed E-state index contributed by atoms with van der Waals surface area (Å²) in [5.74, 6) is -0.763. The van der Waals surface area contributed by atoms with Crippen LogP contribution in [0, 0.1) is 5.82 Å². The van der Waals surface area contributed by atoms with E-state index in [1.165, 1.54) is 17.6 Å². The molecule has 0 saturated carbocycles. The second-order valence-electron chi connectivity index (χ2n) is 7.77. The van der Waals surface area contributed by atoms with Gasteiger partial charge in [-0.25, -0.2) is 9.18 Å². The molecule has 1 aliphatic heterocycles. The fourth-order valence-corrected chi connectivity index (χ4v) is 4.01. The molecule has 0 atom stereocenters. The molecule has 0 radical (unpaired) electrons. The predicted molar refractivity (Wildman–Crippen MR) is 119 cm³/mol. The summed E-state index contributed by atoms with van der Waals surface area (Å²) in [6.07, 6.45) is 0.109. The number of nitrogens with one attached hydrogen (secondary N) is 1. The molecule has 1 aromatic heterocycles. The first-order valence-corrected chi connectivity index (χ1v) is 10.4. The second kappa shape index (κ2) is 8.78. The van der Waals surface area contributed by atoms with Crippen LogP contribution < -0.4 is 16.1 Å². The van der Waals surface area contributed by atoms with Crippen LogP contribution in [0.5, 0.6) is 0 Å². The predicted octanol–water partition coefficient (Wildman–Crippen LogP) is 1.77.